The van der Waals surface area contributed by atoms with Gasteiger partial charge in [-0.3, -0.25) is 0 Å². The molecule has 3 N–H and O–H groups in total. The molecule has 0 aromatic heterocycles. The molecule has 0 bridgehead atoms. The van der Waals surface area contributed by atoms with Gasteiger partial charge in [-0.2, -0.15) is 0 Å². The molecule has 0 aliphatic heterocycles. The van der Waals surface area contributed by atoms with Crippen LogP contribution in [0, 0.1) is 5.92 Å². The summed E-state index contributed by atoms with van der Waals surface area (Å²) in [4.78, 5) is 4.85. The third-order valence-electron chi connectivity index (χ3n) is 4.80. The molecular weight excluding hydrogens is 348 g/mol. The molecule has 0 unspecified atom stereocenters. The SMILES string of the molecule is CCNC(=NCc1cccc(S(=O)(=O)NC)c1)NCCCC1CCCC1. The van der Waals surface area contributed by atoms with Gasteiger partial charge in [-0.1, -0.05) is 37.8 Å². The maximum atomic E-state index is 11.9. The summed E-state index contributed by atoms with van der Waals surface area (Å²) in [5, 5.41) is 6.62. The van der Waals surface area contributed by atoms with Crippen molar-refractivity contribution in [3.05, 3.63) is 29.8 Å². The molecule has 0 radical (unpaired) electrons. The van der Waals surface area contributed by atoms with Gasteiger partial charge in [0.15, 0.2) is 5.96 Å². The Morgan fingerprint density at radius 1 is 1.23 bits per heavy atom. The van der Waals surface area contributed by atoms with Crippen molar-refractivity contribution in [3.8, 4) is 0 Å². The molecular formula is C19H32N4O2S. The van der Waals surface area contributed by atoms with Gasteiger partial charge in [0.25, 0.3) is 0 Å². The standard InChI is InChI=1S/C19H32N4O2S/c1-3-21-19(22-13-7-11-16-8-4-5-9-16)23-15-17-10-6-12-18(14-17)26(24,25)20-2/h6,10,12,14,16,20H,3-5,7-9,11,13,15H2,1-2H3,(H2,21,22,23). The van der Waals surface area contributed by atoms with Crippen LogP contribution >= 0.6 is 0 Å². The molecule has 1 aliphatic carbocycles. The van der Waals surface area contributed by atoms with Crippen molar-refractivity contribution in [2.45, 2.75) is 56.9 Å². The van der Waals surface area contributed by atoms with Crippen LogP contribution in [0.2, 0.25) is 0 Å². The first-order chi connectivity index (χ1) is 12.5. The molecule has 0 heterocycles. The van der Waals surface area contributed by atoms with E-state index in [1.54, 1.807) is 18.2 Å². The van der Waals surface area contributed by atoms with Gasteiger partial charge in [0.1, 0.15) is 0 Å². The molecule has 0 amide bonds. The lowest BCUT2D eigenvalue weighted by Crippen LogP contribution is -2.37. The highest BCUT2D eigenvalue weighted by molar-refractivity contribution is 7.89. The molecule has 7 heteroatoms. The molecule has 0 saturated heterocycles. The molecule has 0 atom stereocenters. The topological polar surface area (TPSA) is 82.6 Å². The fourth-order valence-electron chi connectivity index (χ4n) is 3.34. The number of benzene rings is 1. The number of nitrogens with one attached hydrogen (secondary N) is 3. The van der Waals surface area contributed by atoms with E-state index in [0.29, 0.717) is 6.54 Å². The molecule has 1 aliphatic rings. The monoisotopic (exact) mass is 380 g/mol. The Morgan fingerprint density at radius 2 is 2.00 bits per heavy atom. The van der Waals surface area contributed by atoms with Crippen LogP contribution in [0.5, 0.6) is 0 Å². The van der Waals surface area contributed by atoms with Crippen LogP contribution in [0.15, 0.2) is 34.2 Å². The molecule has 1 aromatic carbocycles. The molecule has 26 heavy (non-hydrogen) atoms. The van der Waals surface area contributed by atoms with E-state index in [2.05, 4.69) is 20.3 Å². The Hall–Kier alpha value is -1.60. The molecule has 1 saturated carbocycles. The minimum atomic E-state index is -3.42. The number of aliphatic imine (C=N–C) groups is 1. The van der Waals surface area contributed by atoms with E-state index < -0.39 is 10.0 Å². The average Bonchev–Trinajstić information content (AvgIpc) is 3.17. The highest BCUT2D eigenvalue weighted by Gasteiger charge is 2.14. The number of hydrogen-bond donors (Lipinski definition) is 3. The Morgan fingerprint density at radius 3 is 2.69 bits per heavy atom. The van der Waals surface area contributed by atoms with Crippen LogP contribution in [0.3, 0.4) is 0 Å². The second-order valence-electron chi connectivity index (χ2n) is 6.77. The zero-order valence-corrected chi connectivity index (χ0v) is 16.7. The van der Waals surface area contributed by atoms with Gasteiger partial charge in [0.2, 0.25) is 10.0 Å². The third-order valence-corrected chi connectivity index (χ3v) is 6.21. The normalized spacial score (nSPS) is 16.0. The van der Waals surface area contributed by atoms with Gasteiger partial charge >= 0.3 is 0 Å². The summed E-state index contributed by atoms with van der Waals surface area (Å²) in [6.07, 6.45) is 8.01. The van der Waals surface area contributed by atoms with Crippen molar-refractivity contribution in [2.75, 3.05) is 20.1 Å². The summed E-state index contributed by atoms with van der Waals surface area (Å²) in [5.41, 5.74) is 0.865. The predicted molar refractivity (Wildman–Crippen MR) is 107 cm³/mol. The average molecular weight is 381 g/mol. The number of nitrogens with zero attached hydrogens (tertiary/aromatic N) is 1. The predicted octanol–water partition coefficient (Wildman–Crippen LogP) is 2.62. The lowest BCUT2D eigenvalue weighted by molar-refractivity contribution is 0.481. The van der Waals surface area contributed by atoms with Gasteiger partial charge in [-0.25, -0.2) is 18.1 Å². The maximum Gasteiger partial charge on any atom is 0.240 e. The lowest BCUT2D eigenvalue weighted by Gasteiger charge is -2.13. The number of rotatable bonds is 9. The third kappa shape index (κ3) is 6.61. The summed E-state index contributed by atoms with van der Waals surface area (Å²) < 4.78 is 26.2. The van der Waals surface area contributed by atoms with Crippen LogP contribution in [0.25, 0.3) is 0 Å². The molecule has 1 fully saturated rings. The van der Waals surface area contributed by atoms with Gasteiger partial charge in [0.05, 0.1) is 11.4 Å². The highest BCUT2D eigenvalue weighted by Crippen LogP contribution is 2.28. The van der Waals surface area contributed by atoms with E-state index in [0.717, 1.165) is 37.0 Å². The number of hydrogen-bond acceptors (Lipinski definition) is 3. The second-order valence-corrected chi connectivity index (χ2v) is 8.66. The number of sulfonamides is 1. The second kappa shape index (κ2) is 10.5. The van der Waals surface area contributed by atoms with Crippen molar-refractivity contribution >= 4 is 16.0 Å². The fourth-order valence-corrected chi connectivity index (χ4v) is 4.14. The van der Waals surface area contributed by atoms with Gasteiger partial charge in [0, 0.05) is 13.1 Å². The summed E-state index contributed by atoms with van der Waals surface area (Å²) in [6.45, 7) is 4.18. The van der Waals surface area contributed by atoms with Crippen LogP contribution in [-0.4, -0.2) is 34.5 Å². The van der Waals surface area contributed by atoms with E-state index in [4.69, 9.17) is 0 Å². The van der Waals surface area contributed by atoms with Crippen LogP contribution < -0.4 is 15.4 Å². The largest absolute Gasteiger partial charge is 0.357 e. The lowest BCUT2D eigenvalue weighted by atomic mass is 10.0. The first-order valence-corrected chi connectivity index (χ1v) is 11.1. The number of guanidine groups is 1. The van der Waals surface area contributed by atoms with Crippen LogP contribution in [0.1, 0.15) is 51.0 Å². The maximum absolute atomic E-state index is 11.9. The zero-order valence-electron chi connectivity index (χ0n) is 15.9. The van der Waals surface area contributed by atoms with Crippen molar-refractivity contribution in [1.82, 2.24) is 15.4 Å². The summed E-state index contributed by atoms with van der Waals surface area (Å²) in [7, 11) is -2.01. The van der Waals surface area contributed by atoms with E-state index >= 15 is 0 Å². The van der Waals surface area contributed by atoms with Gasteiger partial charge < -0.3 is 10.6 Å². The quantitative estimate of drug-likeness (QED) is 0.349. The van der Waals surface area contributed by atoms with Crippen molar-refractivity contribution < 1.29 is 8.42 Å². The Bertz CT molecular complexity index is 683. The molecule has 1 aromatic rings. The van der Waals surface area contributed by atoms with Gasteiger partial charge in [-0.15, -0.1) is 0 Å². The fraction of sp³-hybridized carbons (Fsp3) is 0.632. The van der Waals surface area contributed by atoms with E-state index in [1.807, 2.05) is 13.0 Å². The molecule has 0 spiro atoms. The van der Waals surface area contributed by atoms with E-state index in [1.165, 1.54) is 39.2 Å². The Kier molecular flexibility index (Phi) is 8.38. The van der Waals surface area contributed by atoms with Crippen molar-refractivity contribution in [2.24, 2.45) is 10.9 Å². The molecule has 146 valence electrons. The molecule has 2 rings (SSSR count). The minimum absolute atomic E-state index is 0.266. The molecule has 6 nitrogen and oxygen atoms in total. The summed E-state index contributed by atoms with van der Waals surface area (Å²) >= 11 is 0. The minimum Gasteiger partial charge on any atom is -0.357 e. The van der Waals surface area contributed by atoms with E-state index in [9.17, 15) is 8.42 Å². The summed E-state index contributed by atoms with van der Waals surface area (Å²) in [5.74, 6) is 1.69. The van der Waals surface area contributed by atoms with Gasteiger partial charge in [-0.05, 0) is 50.4 Å². The smallest absolute Gasteiger partial charge is 0.240 e. The van der Waals surface area contributed by atoms with Crippen LogP contribution in [0.4, 0.5) is 0 Å². The Balaban J connectivity index is 1.88. The van der Waals surface area contributed by atoms with Crippen molar-refractivity contribution in [3.63, 3.8) is 0 Å². The highest BCUT2D eigenvalue weighted by atomic mass is 32.2. The Labute approximate surface area is 157 Å². The first-order valence-electron chi connectivity index (χ1n) is 9.60. The zero-order chi connectivity index (χ0) is 18.8. The first kappa shape index (κ1) is 20.7. The van der Waals surface area contributed by atoms with Crippen molar-refractivity contribution in [1.29, 1.82) is 0 Å². The van der Waals surface area contributed by atoms with Crippen LogP contribution in [-0.2, 0) is 16.6 Å². The van der Waals surface area contributed by atoms with E-state index in [-0.39, 0.29) is 4.90 Å². The summed E-state index contributed by atoms with van der Waals surface area (Å²) in [6, 6.07) is 6.89.